The van der Waals surface area contributed by atoms with Crippen molar-refractivity contribution in [3.63, 3.8) is 0 Å². The monoisotopic (exact) mass is 862 g/mol. The number of methoxy groups -OCH3 is 1. The molecule has 1 aromatic heterocycles. The van der Waals surface area contributed by atoms with Crippen LogP contribution in [0.1, 0.15) is 16.8 Å². The van der Waals surface area contributed by atoms with Crippen LogP contribution in [0.15, 0.2) is 70.2 Å². The molecule has 330 valence electrons. The first kappa shape index (κ1) is 45.5. The van der Waals surface area contributed by atoms with Gasteiger partial charge in [0.1, 0.15) is 37.1 Å². The second-order valence-corrected chi connectivity index (χ2v) is 15.3. The first-order valence-corrected chi connectivity index (χ1v) is 21.6. The minimum atomic E-state index is -0.956. The number of azo groups is 1. The van der Waals surface area contributed by atoms with E-state index in [-0.39, 0.29) is 6.42 Å². The predicted molar refractivity (Wildman–Crippen MR) is 235 cm³/mol. The Bertz CT molecular complexity index is 1900. The number of hydrogen-bond acceptors (Lipinski definition) is 16. The fraction of sp³-hybridized carbons (Fsp3) is 0.500. The van der Waals surface area contributed by atoms with E-state index in [0.717, 1.165) is 39.7 Å². The highest BCUT2D eigenvalue weighted by molar-refractivity contribution is 7.13. The fourth-order valence-corrected chi connectivity index (χ4v) is 7.42. The van der Waals surface area contributed by atoms with Crippen molar-refractivity contribution in [1.82, 2.24) is 4.98 Å². The molecule has 1 N–H and O–H groups in total. The van der Waals surface area contributed by atoms with Gasteiger partial charge >= 0.3 is 5.97 Å². The minimum absolute atomic E-state index is 0.178. The van der Waals surface area contributed by atoms with Crippen LogP contribution in [0.4, 0.5) is 27.9 Å². The third-order valence-electron chi connectivity index (χ3n) is 9.87. The maximum atomic E-state index is 11.2. The second-order valence-electron chi connectivity index (χ2n) is 14.4. The number of aryl methyl sites for hydroxylation is 2. The van der Waals surface area contributed by atoms with Crippen molar-refractivity contribution in [3.05, 3.63) is 76.8 Å². The zero-order valence-corrected chi connectivity index (χ0v) is 36.2. The zero-order chi connectivity index (χ0) is 42.7. The van der Waals surface area contributed by atoms with E-state index in [1.807, 2.05) is 18.2 Å². The van der Waals surface area contributed by atoms with E-state index < -0.39 is 5.97 Å². The number of ether oxygens (including phenoxy) is 8. The summed E-state index contributed by atoms with van der Waals surface area (Å²) in [6.45, 7) is 13.1. The van der Waals surface area contributed by atoms with Gasteiger partial charge in [-0.2, -0.15) is 0 Å². The maximum Gasteiger partial charge on any atom is 0.309 e. The number of thiazole rings is 1. The summed E-state index contributed by atoms with van der Waals surface area (Å²) in [5.74, 6) is 1.17. The summed E-state index contributed by atoms with van der Waals surface area (Å²) in [4.78, 5) is 22.1. The molecule has 1 fully saturated rings. The van der Waals surface area contributed by atoms with Crippen LogP contribution in [0.3, 0.4) is 0 Å². The number of aliphatic carboxylic acids is 1. The summed E-state index contributed by atoms with van der Waals surface area (Å²) < 4.78 is 49.3. The van der Waals surface area contributed by atoms with Gasteiger partial charge in [0.15, 0.2) is 0 Å². The SMILES string of the molecule is COCCOc1cc(N=Nc2nc(CC(=O)O)cs2)ccc1N1CCOc2cc(C)ccc2N2CCOCCOCCN(CCOCCOCC2)c2ccc(C)cc2OCC1. The van der Waals surface area contributed by atoms with E-state index in [4.69, 9.17) is 43.0 Å². The van der Waals surface area contributed by atoms with Crippen molar-refractivity contribution in [2.75, 3.05) is 140 Å². The third-order valence-corrected chi connectivity index (χ3v) is 10.6. The van der Waals surface area contributed by atoms with Crippen LogP contribution in [0.2, 0.25) is 0 Å². The molecule has 0 unspecified atom stereocenters. The van der Waals surface area contributed by atoms with Gasteiger partial charge in [0.05, 0.1) is 107 Å². The zero-order valence-electron chi connectivity index (χ0n) is 35.4. The molecule has 3 aliphatic heterocycles. The summed E-state index contributed by atoms with van der Waals surface area (Å²) in [5, 5.41) is 19.9. The first-order chi connectivity index (χ1) is 29.9. The highest BCUT2D eigenvalue weighted by atomic mass is 32.1. The summed E-state index contributed by atoms with van der Waals surface area (Å²) >= 11 is 1.23. The Labute approximate surface area is 361 Å². The molecule has 1 saturated heterocycles. The molecule has 0 saturated carbocycles. The van der Waals surface area contributed by atoms with Crippen molar-refractivity contribution in [3.8, 4) is 17.2 Å². The number of nitrogens with zero attached hydrogens (tertiary/aromatic N) is 6. The molecule has 3 aromatic carbocycles. The average molecular weight is 863 g/mol. The fourth-order valence-electron chi connectivity index (χ4n) is 6.78. The highest BCUT2D eigenvalue weighted by Crippen LogP contribution is 2.36. The molecule has 3 aliphatic rings. The standard InChI is InChI=1S/C44H58N6O10S/c1-33-4-7-37-40(28-33)58-20-14-50(39-9-6-35(30-42(39)60-27-22-53-3)46-47-44-45-36(32-61-44)31-43(51)52)15-21-59-41-29-34(2)5-8-38(41)49-12-18-56-25-23-54-16-10-48(37)11-17-55-24-26-57-19-13-49/h4-9,28-30,32H,10-27,31H2,1-3H3,(H,51,52). The van der Waals surface area contributed by atoms with Gasteiger partial charge in [0, 0.05) is 44.7 Å². The normalized spacial score (nSPS) is 16.9. The molecule has 0 radical (unpaired) electrons. The summed E-state index contributed by atoms with van der Waals surface area (Å²) in [6.07, 6.45) is -0.178. The maximum absolute atomic E-state index is 11.2. The molecule has 0 aliphatic carbocycles. The lowest BCUT2D eigenvalue weighted by atomic mass is 10.2. The molecule has 4 aromatic rings. The summed E-state index contributed by atoms with van der Waals surface area (Å²) in [5.41, 5.74) is 5.88. The van der Waals surface area contributed by atoms with Crippen molar-refractivity contribution in [2.24, 2.45) is 10.2 Å². The number of carbonyl (C=O) groups is 1. The van der Waals surface area contributed by atoms with Crippen molar-refractivity contribution >= 4 is 45.2 Å². The Morgan fingerprint density at radius 3 is 1.70 bits per heavy atom. The Balaban J connectivity index is 1.34. The second kappa shape index (κ2) is 24.4. The Morgan fingerprint density at radius 1 is 0.672 bits per heavy atom. The molecule has 7 rings (SSSR count). The van der Waals surface area contributed by atoms with Crippen molar-refractivity contribution in [2.45, 2.75) is 20.3 Å². The molecule has 17 heteroatoms. The number of aromatic nitrogens is 1. The lowest BCUT2D eigenvalue weighted by molar-refractivity contribution is -0.136. The van der Waals surface area contributed by atoms with Crippen LogP contribution in [0.25, 0.3) is 0 Å². The van der Waals surface area contributed by atoms with Crippen LogP contribution >= 0.6 is 11.3 Å². The number of hydrogen-bond donors (Lipinski definition) is 1. The summed E-state index contributed by atoms with van der Waals surface area (Å²) in [7, 11) is 1.63. The quantitative estimate of drug-likeness (QED) is 0.110. The molecule has 0 spiro atoms. The van der Waals surface area contributed by atoms with Gasteiger partial charge in [-0.15, -0.1) is 21.6 Å². The summed E-state index contributed by atoms with van der Waals surface area (Å²) in [6, 6.07) is 18.2. The van der Waals surface area contributed by atoms with Gasteiger partial charge in [-0.3, -0.25) is 4.79 Å². The topological polar surface area (TPSA) is 158 Å². The van der Waals surface area contributed by atoms with E-state index in [9.17, 15) is 4.79 Å². The molecule has 61 heavy (non-hydrogen) atoms. The molecule has 0 amide bonds. The van der Waals surface area contributed by atoms with E-state index in [1.54, 1.807) is 12.5 Å². The van der Waals surface area contributed by atoms with E-state index in [1.165, 1.54) is 11.3 Å². The van der Waals surface area contributed by atoms with Crippen molar-refractivity contribution < 1.29 is 47.8 Å². The van der Waals surface area contributed by atoms with Gasteiger partial charge in [-0.05, 0) is 61.4 Å². The van der Waals surface area contributed by atoms with Crippen LogP contribution in [0.5, 0.6) is 17.2 Å². The lowest BCUT2D eigenvalue weighted by Crippen LogP contribution is -2.34. The van der Waals surface area contributed by atoms with Gasteiger partial charge in [-0.1, -0.05) is 12.1 Å². The van der Waals surface area contributed by atoms with Gasteiger partial charge in [-0.25, -0.2) is 4.98 Å². The molecular weight excluding hydrogens is 805 g/mol. The molecular formula is C44H58N6O10S. The van der Waals surface area contributed by atoms with Gasteiger partial charge < -0.3 is 57.7 Å². The van der Waals surface area contributed by atoms with E-state index in [0.29, 0.717) is 141 Å². The van der Waals surface area contributed by atoms with Crippen LogP contribution in [-0.2, 0) is 34.9 Å². The molecule has 2 bridgehead atoms. The Hall–Kier alpha value is -5.04. The number of carboxylic acid groups (broad SMARTS) is 1. The number of fused-ring (bicyclic) bond motifs is 20. The number of benzene rings is 3. The molecule has 16 nitrogen and oxygen atoms in total. The smallest absolute Gasteiger partial charge is 0.309 e. The lowest BCUT2D eigenvalue weighted by Gasteiger charge is -2.29. The minimum Gasteiger partial charge on any atom is -0.490 e. The van der Waals surface area contributed by atoms with E-state index in [2.05, 4.69) is 80.2 Å². The van der Waals surface area contributed by atoms with Gasteiger partial charge in [0.25, 0.3) is 0 Å². The van der Waals surface area contributed by atoms with E-state index >= 15 is 0 Å². The predicted octanol–water partition coefficient (Wildman–Crippen LogP) is 6.50. The number of anilines is 3. The largest absolute Gasteiger partial charge is 0.490 e. The van der Waals surface area contributed by atoms with Crippen LogP contribution < -0.4 is 28.9 Å². The molecule has 0 atom stereocenters. The Morgan fingerprint density at radius 2 is 1.18 bits per heavy atom. The number of carboxylic acids is 1. The first-order valence-electron chi connectivity index (χ1n) is 20.7. The number of rotatable bonds is 9. The van der Waals surface area contributed by atoms with Crippen LogP contribution in [-0.4, -0.2) is 142 Å². The van der Waals surface area contributed by atoms with Crippen molar-refractivity contribution in [1.29, 1.82) is 0 Å². The average Bonchev–Trinajstić information content (AvgIpc) is 3.69. The highest BCUT2D eigenvalue weighted by Gasteiger charge is 2.20. The third kappa shape index (κ3) is 14.5. The van der Waals surface area contributed by atoms with Gasteiger partial charge in [0.2, 0.25) is 5.13 Å². The molecule has 4 heterocycles. The Kier molecular flexibility index (Phi) is 18.2. The van der Waals surface area contributed by atoms with Crippen LogP contribution in [0, 0.1) is 13.8 Å².